The third-order valence-corrected chi connectivity index (χ3v) is 6.61. The number of rotatable bonds is 2. The van der Waals surface area contributed by atoms with Crippen LogP contribution >= 0.6 is 0 Å². The molecule has 0 amide bonds. The van der Waals surface area contributed by atoms with E-state index < -0.39 is 0 Å². The molecular weight excluding hydrogens is 268 g/mol. The maximum Gasteiger partial charge on any atom is 0.119 e. The van der Waals surface area contributed by atoms with Gasteiger partial charge in [-0.3, -0.25) is 0 Å². The molecule has 0 atom stereocenters. The summed E-state index contributed by atoms with van der Waals surface area (Å²) in [6.07, 6.45) is 13.1. The first-order chi connectivity index (χ1) is 10.5. The highest BCUT2D eigenvalue weighted by atomic mass is 16.3. The molecule has 2 fully saturated rings. The second-order valence-corrected chi connectivity index (χ2v) is 8.37. The summed E-state index contributed by atoms with van der Waals surface area (Å²) < 4.78 is 0. The fourth-order valence-electron chi connectivity index (χ4n) is 5.30. The molecule has 1 heteroatoms. The summed E-state index contributed by atoms with van der Waals surface area (Å²) in [5.41, 5.74) is 4.64. The highest BCUT2D eigenvalue weighted by Crippen LogP contribution is 2.48. The molecule has 0 saturated heterocycles. The van der Waals surface area contributed by atoms with Gasteiger partial charge in [0.2, 0.25) is 0 Å². The maximum atomic E-state index is 10.6. The van der Waals surface area contributed by atoms with Gasteiger partial charge in [0.25, 0.3) is 0 Å². The van der Waals surface area contributed by atoms with Crippen LogP contribution in [-0.4, -0.2) is 5.11 Å². The third-order valence-electron chi connectivity index (χ3n) is 6.61. The van der Waals surface area contributed by atoms with Gasteiger partial charge >= 0.3 is 0 Å². The van der Waals surface area contributed by atoms with Gasteiger partial charge in [0.05, 0.1) is 0 Å². The van der Waals surface area contributed by atoms with E-state index in [0.717, 1.165) is 0 Å². The molecule has 1 aromatic carbocycles. The Bertz CT molecular complexity index is 531. The molecule has 0 heterocycles. The van der Waals surface area contributed by atoms with E-state index in [4.69, 9.17) is 0 Å². The Hall–Kier alpha value is -0.980. The quantitative estimate of drug-likeness (QED) is 0.695. The second-order valence-electron chi connectivity index (χ2n) is 8.37. The van der Waals surface area contributed by atoms with Crippen LogP contribution in [-0.2, 0) is 10.8 Å². The standard InChI is InChI=1S/C21H32O/c1-16-17(20(2)12-6-4-7-13-20)10-11-18(22)19(16)21(3)14-8-5-9-15-21/h10-11,22H,4-9,12-15H2,1-3H3. The van der Waals surface area contributed by atoms with E-state index >= 15 is 0 Å². The monoisotopic (exact) mass is 300 g/mol. The minimum atomic E-state index is 0.174. The van der Waals surface area contributed by atoms with Crippen molar-refractivity contribution < 1.29 is 5.11 Å². The van der Waals surface area contributed by atoms with Crippen LogP contribution in [0.25, 0.3) is 0 Å². The topological polar surface area (TPSA) is 20.2 Å². The first-order valence-electron chi connectivity index (χ1n) is 9.30. The number of aromatic hydroxyl groups is 1. The Balaban J connectivity index is 2.05. The summed E-state index contributed by atoms with van der Waals surface area (Å²) in [6, 6.07) is 4.20. The summed E-state index contributed by atoms with van der Waals surface area (Å²) in [7, 11) is 0. The van der Waals surface area contributed by atoms with E-state index in [0.29, 0.717) is 11.2 Å². The van der Waals surface area contributed by atoms with Gasteiger partial charge in [-0.2, -0.15) is 0 Å². The summed E-state index contributed by atoms with van der Waals surface area (Å²) in [4.78, 5) is 0. The van der Waals surface area contributed by atoms with Gasteiger partial charge in [0, 0.05) is 5.56 Å². The van der Waals surface area contributed by atoms with Gasteiger partial charge < -0.3 is 5.11 Å². The van der Waals surface area contributed by atoms with Gasteiger partial charge in [0.15, 0.2) is 0 Å². The Morgan fingerprint density at radius 2 is 1.27 bits per heavy atom. The van der Waals surface area contributed by atoms with Crippen LogP contribution in [0.2, 0.25) is 0 Å². The SMILES string of the molecule is Cc1c(C2(C)CCCCC2)ccc(O)c1C1(C)CCCCC1. The van der Waals surface area contributed by atoms with Gasteiger partial charge in [-0.05, 0) is 60.6 Å². The van der Waals surface area contributed by atoms with Crippen LogP contribution in [0.4, 0.5) is 0 Å². The lowest BCUT2D eigenvalue weighted by Gasteiger charge is -2.40. The molecule has 0 radical (unpaired) electrons. The third kappa shape index (κ3) is 2.68. The van der Waals surface area contributed by atoms with Gasteiger partial charge in [-0.25, -0.2) is 0 Å². The molecule has 0 aromatic heterocycles. The molecule has 0 aliphatic heterocycles. The van der Waals surface area contributed by atoms with E-state index in [1.54, 1.807) is 0 Å². The number of phenols is 1. The number of benzene rings is 1. The zero-order valence-corrected chi connectivity index (χ0v) is 14.7. The lowest BCUT2D eigenvalue weighted by molar-refractivity contribution is 0.299. The summed E-state index contributed by atoms with van der Waals surface area (Å²) in [5.74, 6) is 0.532. The normalized spacial score (nSPS) is 24.1. The van der Waals surface area contributed by atoms with Crippen LogP contribution in [0, 0.1) is 6.92 Å². The molecule has 0 unspecified atom stereocenters. The fraction of sp³-hybridized carbons (Fsp3) is 0.714. The Kier molecular flexibility index (Phi) is 4.27. The van der Waals surface area contributed by atoms with Crippen LogP contribution in [0.5, 0.6) is 5.75 Å². The van der Waals surface area contributed by atoms with Crippen molar-refractivity contribution in [3.8, 4) is 5.75 Å². The minimum Gasteiger partial charge on any atom is -0.508 e. The van der Waals surface area contributed by atoms with Gasteiger partial charge in [0.1, 0.15) is 5.75 Å². The Labute approximate surface area is 136 Å². The van der Waals surface area contributed by atoms with Crippen molar-refractivity contribution in [1.82, 2.24) is 0 Å². The summed E-state index contributed by atoms with van der Waals surface area (Å²) >= 11 is 0. The zero-order valence-electron chi connectivity index (χ0n) is 14.7. The van der Waals surface area contributed by atoms with Crippen LogP contribution < -0.4 is 0 Å². The molecule has 1 aromatic rings. The molecule has 1 N–H and O–H groups in total. The van der Waals surface area contributed by atoms with E-state index in [1.807, 2.05) is 6.07 Å². The highest BCUT2D eigenvalue weighted by molar-refractivity contribution is 5.50. The van der Waals surface area contributed by atoms with Crippen molar-refractivity contribution in [3.05, 3.63) is 28.8 Å². The molecule has 2 aliphatic carbocycles. The summed E-state index contributed by atoms with van der Waals surface area (Å²) in [5, 5.41) is 10.6. The van der Waals surface area contributed by atoms with Gasteiger partial charge in [-0.1, -0.05) is 58.4 Å². The fourth-order valence-corrected chi connectivity index (χ4v) is 5.30. The van der Waals surface area contributed by atoms with Crippen molar-refractivity contribution in [1.29, 1.82) is 0 Å². The van der Waals surface area contributed by atoms with Crippen LogP contribution in [0.1, 0.15) is 94.7 Å². The lowest BCUT2D eigenvalue weighted by Crippen LogP contribution is -2.30. The molecule has 0 spiro atoms. The molecule has 3 rings (SSSR count). The number of hydrogen-bond donors (Lipinski definition) is 1. The average Bonchev–Trinajstić information content (AvgIpc) is 2.48. The Morgan fingerprint density at radius 3 is 1.82 bits per heavy atom. The second kappa shape index (κ2) is 5.91. The van der Waals surface area contributed by atoms with E-state index in [2.05, 4.69) is 26.8 Å². The van der Waals surface area contributed by atoms with Crippen molar-refractivity contribution in [3.63, 3.8) is 0 Å². The summed E-state index contributed by atoms with van der Waals surface area (Å²) in [6.45, 7) is 7.09. The van der Waals surface area contributed by atoms with E-state index in [-0.39, 0.29) is 5.41 Å². The number of hydrogen-bond acceptors (Lipinski definition) is 1. The van der Waals surface area contributed by atoms with E-state index in [9.17, 15) is 5.11 Å². The Morgan fingerprint density at radius 1 is 0.773 bits per heavy atom. The highest BCUT2D eigenvalue weighted by Gasteiger charge is 2.36. The predicted octanol–water partition coefficient (Wildman–Crippen LogP) is 6.14. The minimum absolute atomic E-state index is 0.174. The lowest BCUT2D eigenvalue weighted by atomic mass is 9.65. The van der Waals surface area contributed by atoms with Crippen molar-refractivity contribution >= 4 is 0 Å². The number of phenolic OH excluding ortho intramolecular Hbond substituents is 1. The molecule has 22 heavy (non-hydrogen) atoms. The van der Waals surface area contributed by atoms with Crippen molar-refractivity contribution in [2.24, 2.45) is 0 Å². The molecular formula is C21H32O. The maximum absolute atomic E-state index is 10.6. The molecule has 0 bridgehead atoms. The zero-order chi connectivity index (χ0) is 15.8. The van der Waals surface area contributed by atoms with Crippen LogP contribution in [0.15, 0.2) is 12.1 Å². The smallest absolute Gasteiger partial charge is 0.119 e. The first-order valence-corrected chi connectivity index (χ1v) is 9.30. The predicted molar refractivity (Wildman–Crippen MR) is 93.7 cm³/mol. The molecule has 122 valence electrons. The first kappa shape index (κ1) is 15.9. The average molecular weight is 300 g/mol. The van der Waals surface area contributed by atoms with E-state index in [1.165, 1.54) is 80.9 Å². The van der Waals surface area contributed by atoms with Crippen LogP contribution in [0.3, 0.4) is 0 Å². The van der Waals surface area contributed by atoms with Crippen molar-refractivity contribution in [2.75, 3.05) is 0 Å². The molecule has 2 aliphatic rings. The van der Waals surface area contributed by atoms with Crippen molar-refractivity contribution in [2.45, 2.75) is 95.8 Å². The molecule has 2 saturated carbocycles. The van der Waals surface area contributed by atoms with Gasteiger partial charge in [-0.15, -0.1) is 0 Å². The molecule has 1 nitrogen and oxygen atoms in total. The largest absolute Gasteiger partial charge is 0.508 e.